The fourth-order valence-electron chi connectivity index (χ4n) is 3.31. The molecule has 28 heavy (non-hydrogen) atoms. The Labute approximate surface area is 192 Å². The summed E-state index contributed by atoms with van der Waals surface area (Å²) in [6, 6.07) is 9.04. The van der Waals surface area contributed by atoms with Crippen LogP contribution in [0.2, 0.25) is 0 Å². The van der Waals surface area contributed by atoms with Crippen molar-refractivity contribution in [2.75, 3.05) is 20.1 Å². The Bertz CT molecular complexity index is 739. The van der Waals surface area contributed by atoms with Crippen LogP contribution in [0.4, 0.5) is 0 Å². The second-order valence-corrected chi connectivity index (χ2v) is 7.70. The summed E-state index contributed by atoms with van der Waals surface area (Å²) >= 11 is 3.49. The number of hydrogen-bond acceptors (Lipinski definition) is 4. The van der Waals surface area contributed by atoms with Crippen LogP contribution >= 0.6 is 39.9 Å². The Balaban J connectivity index is 0.00000280. The van der Waals surface area contributed by atoms with Crippen LogP contribution in [0.15, 0.2) is 40.1 Å². The Morgan fingerprint density at radius 2 is 1.96 bits per heavy atom. The lowest BCUT2D eigenvalue weighted by atomic mass is 10.0. The van der Waals surface area contributed by atoms with Gasteiger partial charge in [0, 0.05) is 43.7 Å². The summed E-state index contributed by atoms with van der Waals surface area (Å²) in [5.41, 5.74) is 1.36. The van der Waals surface area contributed by atoms with E-state index in [1.807, 2.05) is 11.6 Å². The van der Waals surface area contributed by atoms with Gasteiger partial charge in [-0.25, -0.2) is 0 Å². The van der Waals surface area contributed by atoms with Crippen LogP contribution in [-0.2, 0) is 19.6 Å². The molecule has 0 saturated carbocycles. The highest BCUT2D eigenvalue weighted by molar-refractivity contribution is 14.0. The summed E-state index contributed by atoms with van der Waals surface area (Å²) in [5.74, 6) is 1.75. The van der Waals surface area contributed by atoms with Crippen molar-refractivity contribution in [3.63, 3.8) is 0 Å². The van der Waals surface area contributed by atoms with Gasteiger partial charge in [-0.15, -0.1) is 34.2 Å². The summed E-state index contributed by atoms with van der Waals surface area (Å²) in [5, 5.41) is 15.0. The topological polar surface area (TPSA) is 70.4 Å². The third-order valence-electron chi connectivity index (χ3n) is 4.92. The van der Waals surface area contributed by atoms with Gasteiger partial charge in [-0.1, -0.05) is 28.1 Å². The van der Waals surface area contributed by atoms with Crippen molar-refractivity contribution < 1.29 is 0 Å². The molecule has 0 unspecified atom stereocenters. The van der Waals surface area contributed by atoms with Gasteiger partial charge in [-0.2, -0.15) is 0 Å². The molecule has 2 aromatic rings. The van der Waals surface area contributed by atoms with E-state index in [1.165, 1.54) is 5.56 Å². The molecule has 3 rings (SSSR count). The summed E-state index contributed by atoms with van der Waals surface area (Å²) in [4.78, 5) is 6.87. The molecule has 0 atom stereocenters. The van der Waals surface area contributed by atoms with Crippen molar-refractivity contribution in [3.05, 3.63) is 46.5 Å². The van der Waals surface area contributed by atoms with Crippen LogP contribution < -0.4 is 10.6 Å². The number of aromatic nitrogens is 3. The average molecular weight is 562 g/mol. The summed E-state index contributed by atoms with van der Waals surface area (Å²) in [6.45, 7) is 6.77. The number of hydrogen-bond donors (Lipinski definition) is 2. The maximum atomic E-state index is 4.35. The second kappa shape index (κ2) is 11.7. The molecule has 9 heteroatoms. The lowest BCUT2D eigenvalue weighted by Crippen LogP contribution is -2.48. The quantitative estimate of drug-likeness (QED) is 0.322. The molecular weight excluding hydrogens is 533 g/mol. The van der Waals surface area contributed by atoms with Crippen molar-refractivity contribution in [2.24, 2.45) is 4.99 Å². The fourth-order valence-corrected chi connectivity index (χ4v) is 3.58. The normalized spacial score (nSPS) is 15.9. The second-order valence-electron chi connectivity index (χ2n) is 6.78. The van der Waals surface area contributed by atoms with Gasteiger partial charge in [0.2, 0.25) is 0 Å². The first-order valence-corrected chi connectivity index (χ1v) is 10.3. The number of halogens is 2. The van der Waals surface area contributed by atoms with E-state index in [-0.39, 0.29) is 24.0 Å². The van der Waals surface area contributed by atoms with Crippen LogP contribution in [-0.4, -0.2) is 51.8 Å². The molecule has 0 spiro atoms. The highest BCUT2D eigenvalue weighted by atomic mass is 127. The van der Waals surface area contributed by atoms with Gasteiger partial charge in [0.1, 0.15) is 6.33 Å². The Morgan fingerprint density at radius 1 is 1.25 bits per heavy atom. The Hall–Kier alpha value is -1.20. The van der Waals surface area contributed by atoms with Gasteiger partial charge >= 0.3 is 0 Å². The molecule has 0 radical (unpaired) electrons. The summed E-state index contributed by atoms with van der Waals surface area (Å²) in [7, 11) is 1.81. The SMILES string of the molecule is CCn1cnnc1CNC(=NC)NC1CCN(Cc2ccc(Br)cc2)CC1.I. The maximum Gasteiger partial charge on any atom is 0.191 e. The molecule has 0 aliphatic carbocycles. The van der Waals surface area contributed by atoms with Crippen molar-refractivity contribution in [1.82, 2.24) is 30.3 Å². The number of piperidine rings is 1. The smallest absolute Gasteiger partial charge is 0.191 e. The van der Waals surface area contributed by atoms with E-state index in [4.69, 9.17) is 0 Å². The van der Waals surface area contributed by atoms with Crippen molar-refractivity contribution in [2.45, 2.75) is 45.4 Å². The number of rotatable bonds is 6. The predicted octanol–water partition coefficient (Wildman–Crippen LogP) is 3.01. The van der Waals surface area contributed by atoms with Crippen LogP contribution in [0.5, 0.6) is 0 Å². The number of nitrogens with zero attached hydrogens (tertiary/aromatic N) is 5. The molecular formula is C19H29BrIN7. The van der Waals surface area contributed by atoms with E-state index in [0.29, 0.717) is 12.6 Å². The molecule has 0 bridgehead atoms. The molecule has 1 fully saturated rings. The van der Waals surface area contributed by atoms with Gasteiger partial charge in [0.05, 0.1) is 6.54 Å². The first kappa shape index (κ1) is 23.1. The van der Waals surface area contributed by atoms with Crippen molar-refractivity contribution >= 4 is 45.9 Å². The number of likely N-dealkylation sites (tertiary alicyclic amines) is 1. The molecule has 1 aliphatic heterocycles. The largest absolute Gasteiger partial charge is 0.354 e. The lowest BCUT2D eigenvalue weighted by Gasteiger charge is -2.33. The highest BCUT2D eigenvalue weighted by Crippen LogP contribution is 2.16. The van der Waals surface area contributed by atoms with Crippen LogP contribution in [0.3, 0.4) is 0 Å². The molecule has 2 N–H and O–H groups in total. The zero-order chi connectivity index (χ0) is 19.1. The maximum absolute atomic E-state index is 4.35. The summed E-state index contributed by atoms with van der Waals surface area (Å²) in [6.07, 6.45) is 3.99. The molecule has 0 amide bonds. The Kier molecular flexibility index (Phi) is 9.66. The molecule has 1 aromatic carbocycles. The van der Waals surface area contributed by atoms with Gasteiger partial charge in [0.25, 0.3) is 0 Å². The number of benzene rings is 1. The van der Waals surface area contributed by atoms with Gasteiger partial charge < -0.3 is 15.2 Å². The zero-order valence-corrected chi connectivity index (χ0v) is 20.4. The minimum atomic E-state index is 0. The monoisotopic (exact) mass is 561 g/mol. The van der Waals surface area contributed by atoms with Gasteiger partial charge in [0.15, 0.2) is 11.8 Å². The first-order valence-electron chi connectivity index (χ1n) is 9.48. The van der Waals surface area contributed by atoms with E-state index < -0.39 is 0 Å². The van der Waals surface area contributed by atoms with Crippen LogP contribution in [0.1, 0.15) is 31.2 Å². The van der Waals surface area contributed by atoms with E-state index in [9.17, 15) is 0 Å². The van der Waals surface area contributed by atoms with Crippen molar-refractivity contribution in [1.29, 1.82) is 0 Å². The third kappa shape index (κ3) is 6.70. The number of nitrogens with one attached hydrogen (secondary N) is 2. The third-order valence-corrected chi connectivity index (χ3v) is 5.45. The van der Waals surface area contributed by atoms with Crippen LogP contribution in [0, 0.1) is 0 Å². The van der Waals surface area contributed by atoms with E-state index in [0.717, 1.165) is 55.3 Å². The standard InChI is InChI=1S/C19H28BrN7.HI/c1-3-27-14-23-25-18(27)12-22-19(21-2)24-17-8-10-26(11-9-17)13-15-4-6-16(20)7-5-15;/h4-7,14,17H,3,8-13H2,1-2H3,(H2,21,22,24);1H. The minimum Gasteiger partial charge on any atom is -0.354 e. The molecule has 1 saturated heterocycles. The molecule has 1 aromatic heterocycles. The van der Waals surface area contributed by atoms with Crippen molar-refractivity contribution in [3.8, 4) is 0 Å². The van der Waals surface area contributed by atoms with Gasteiger partial charge in [-0.3, -0.25) is 9.89 Å². The Morgan fingerprint density at radius 3 is 2.61 bits per heavy atom. The minimum absolute atomic E-state index is 0. The molecule has 1 aliphatic rings. The van der Waals surface area contributed by atoms with E-state index in [1.54, 1.807) is 6.33 Å². The van der Waals surface area contributed by atoms with Gasteiger partial charge in [-0.05, 0) is 37.5 Å². The van der Waals surface area contributed by atoms with E-state index in [2.05, 4.69) is 77.8 Å². The molecule has 154 valence electrons. The van der Waals surface area contributed by atoms with E-state index >= 15 is 0 Å². The average Bonchev–Trinajstić information content (AvgIpc) is 3.16. The highest BCUT2D eigenvalue weighted by Gasteiger charge is 2.20. The number of aryl methyl sites for hydroxylation is 1. The number of guanidine groups is 1. The first-order chi connectivity index (χ1) is 13.2. The summed E-state index contributed by atoms with van der Waals surface area (Å²) < 4.78 is 3.16. The lowest BCUT2D eigenvalue weighted by molar-refractivity contribution is 0.198. The zero-order valence-electron chi connectivity index (χ0n) is 16.4. The number of aliphatic imine (C=N–C) groups is 1. The van der Waals surface area contributed by atoms with Crippen LogP contribution in [0.25, 0.3) is 0 Å². The molecule has 2 heterocycles. The fraction of sp³-hybridized carbons (Fsp3) is 0.526. The molecule has 7 nitrogen and oxygen atoms in total. The predicted molar refractivity (Wildman–Crippen MR) is 127 cm³/mol.